The largest absolute Gasteiger partial charge is 0.376 e. The van der Waals surface area contributed by atoms with E-state index in [1.54, 1.807) is 6.07 Å². The molecule has 2 fully saturated rings. The van der Waals surface area contributed by atoms with E-state index in [4.69, 9.17) is 6.57 Å². The molecule has 2 aromatic heterocycles. The van der Waals surface area contributed by atoms with E-state index >= 15 is 4.39 Å². The summed E-state index contributed by atoms with van der Waals surface area (Å²) < 4.78 is 17.5. The van der Waals surface area contributed by atoms with Gasteiger partial charge < -0.3 is 10.6 Å². The van der Waals surface area contributed by atoms with Gasteiger partial charge in [-0.1, -0.05) is 0 Å². The van der Waals surface area contributed by atoms with Crippen molar-refractivity contribution in [2.75, 3.05) is 17.7 Å². The Morgan fingerprint density at radius 3 is 2.37 bits per heavy atom. The maximum absolute atomic E-state index is 15.2. The van der Waals surface area contributed by atoms with Crippen molar-refractivity contribution in [1.82, 2.24) is 34.7 Å². The zero-order valence-electron chi connectivity index (χ0n) is 22.6. The molecule has 12 heteroatoms. The van der Waals surface area contributed by atoms with Gasteiger partial charge in [-0.2, -0.15) is 9.36 Å². The second-order valence-corrected chi connectivity index (χ2v) is 11.6. The third-order valence-corrected chi connectivity index (χ3v) is 7.87. The van der Waals surface area contributed by atoms with Crippen LogP contribution in [0.15, 0.2) is 23.1 Å². The van der Waals surface area contributed by atoms with E-state index in [2.05, 4.69) is 75.5 Å². The summed E-state index contributed by atoms with van der Waals surface area (Å²) in [5, 5.41) is 14.2. The van der Waals surface area contributed by atoms with Crippen LogP contribution in [0.1, 0.15) is 64.9 Å². The van der Waals surface area contributed by atoms with Crippen molar-refractivity contribution in [3.63, 3.8) is 0 Å². The van der Waals surface area contributed by atoms with E-state index in [9.17, 15) is 4.79 Å². The first-order chi connectivity index (χ1) is 17.9. The second kappa shape index (κ2) is 9.16. The number of halogens is 1. The van der Waals surface area contributed by atoms with Gasteiger partial charge in [0.1, 0.15) is 11.6 Å². The summed E-state index contributed by atoms with van der Waals surface area (Å²) in [5.74, 6) is 0.232. The normalized spacial score (nSPS) is 19.2. The number of tetrazole rings is 1. The second-order valence-electron chi connectivity index (χ2n) is 11.6. The number of hydrogen-bond acceptors (Lipinski definition) is 8. The van der Waals surface area contributed by atoms with Crippen molar-refractivity contribution in [2.24, 2.45) is 7.05 Å². The number of rotatable bonds is 6. The molecule has 1 aromatic carbocycles. The molecule has 0 amide bonds. The lowest BCUT2D eigenvalue weighted by molar-refractivity contribution is -0.00771. The highest BCUT2D eigenvalue weighted by Crippen LogP contribution is 2.44. The summed E-state index contributed by atoms with van der Waals surface area (Å²) in [6.45, 7) is 16.4. The predicted octanol–water partition coefficient (Wildman–Crippen LogP) is 4.13. The van der Waals surface area contributed by atoms with Crippen LogP contribution in [0.25, 0.3) is 10.5 Å². The summed E-state index contributed by atoms with van der Waals surface area (Å²) in [4.78, 5) is 27.3. The lowest BCUT2D eigenvalue weighted by Gasteiger charge is -2.53. The number of hydrogen-bond donors (Lipinski definition) is 2. The van der Waals surface area contributed by atoms with Crippen LogP contribution in [-0.4, -0.2) is 58.8 Å². The van der Waals surface area contributed by atoms with E-state index in [1.165, 1.54) is 24.0 Å². The quantitative estimate of drug-likeness (QED) is 0.467. The highest BCUT2D eigenvalue weighted by molar-refractivity contribution is 5.68. The summed E-state index contributed by atoms with van der Waals surface area (Å²) in [6.07, 6.45) is 5.01. The van der Waals surface area contributed by atoms with Crippen LogP contribution in [0, 0.1) is 12.4 Å². The number of piperidine rings is 1. The SMILES string of the molecule is [C-]#[N+]c1cnc(Nc2cc(-n3nnn(C)c3=O)c(C3CC3)cc2F)nc1NC1CC(C)(C)N(C)C(C)(C)C1. The number of aryl methyl sites for hydroxylation is 1. The Bertz CT molecular complexity index is 1460. The number of likely N-dealkylation sites (tertiary alicyclic amines) is 1. The maximum atomic E-state index is 15.2. The molecule has 1 saturated heterocycles. The monoisotopic (exact) mass is 520 g/mol. The number of anilines is 3. The minimum atomic E-state index is -0.487. The van der Waals surface area contributed by atoms with Gasteiger partial charge in [-0.3, -0.25) is 4.90 Å². The molecule has 200 valence electrons. The van der Waals surface area contributed by atoms with Gasteiger partial charge in [-0.25, -0.2) is 24.0 Å². The molecule has 0 atom stereocenters. The van der Waals surface area contributed by atoms with Crippen LogP contribution >= 0.6 is 0 Å². The van der Waals surface area contributed by atoms with E-state index < -0.39 is 11.5 Å². The van der Waals surface area contributed by atoms with Gasteiger partial charge >= 0.3 is 5.69 Å². The lowest BCUT2D eigenvalue weighted by Crippen LogP contribution is -2.61. The third-order valence-electron chi connectivity index (χ3n) is 7.87. The first-order valence-electron chi connectivity index (χ1n) is 12.7. The molecule has 2 aliphatic rings. The molecule has 2 N–H and O–H groups in total. The fraction of sp³-hybridized carbons (Fsp3) is 0.538. The average Bonchev–Trinajstić information content (AvgIpc) is 3.64. The summed E-state index contributed by atoms with van der Waals surface area (Å²) in [7, 11) is 3.65. The fourth-order valence-corrected chi connectivity index (χ4v) is 5.45. The van der Waals surface area contributed by atoms with Crippen molar-refractivity contribution in [3.8, 4) is 5.69 Å². The van der Waals surface area contributed by atoms with Crippen LogP contribution in [0.4, 0.5) is 27.5 Å². The topological polar surface area (TPSA) is 110 Å². The molecule has 0 spiro atoms. The molecular weight excluding hydrogens is 487 g/mol. The molecule has 5 rings (SSSR count). The van der Waals surface area contributed by atoms with Gasteiger partial charge in [0.05, 0.1) is 17.9 Å². The highest BCUT2D eigenvalue weighted by atomic mass is 19.1. The van der Waals surface area contributed by atoms with Gasteiger partial charge in [-0.15, -0.1) is 0 Å². The van der Waals surface area contributed by atoms with Crippen molar-refractivity contribution >= 4 is 23.1 Å². The molecule has 1 aliphatic carbocycles. The van der Waals surface area contributed by atoms with Crippen molar-refractivity contribution in [1.29, 1.82) is 0 Å². The highest BCUT2D eigenvalue weighted by Gasteiger charge is 2.43. The van der Waals surface area contributed by atoms with Gasteiger partial charge in [0.25, 0.3) is 0 Å². The molecule has 11 nitrogen and oxygen atoms in total. The molecule has 1 aliphatic heterocycles. The van der Waals surface area contributed by atoms with Crippen molar-refractivity contribution in [2.45, 2.75) is 76.4 Å². The number of aromatic nitrogens is 6. The zero-order valence-corrected chi connectivity index (χ0v) is 22.6. The molecule has 0 unspecified atom stereocenters. The van der Waals surface area contributed by atoms with Gasteiger partial charge in [0.2, 0.25) is 11.6 Å². The summed E-state index contributed by atoms with van der Waals surface area (Å²) in [6, 6.07) is 3.07. The maximum Gasteiger partial charge on any atom is 0.368 e. The van der Waals surface area contributed by atoms with Crippen LogP contribution in [0.2, 0.25) is 0 Å². The summed E-state index contributed by atoms with van der Waals surface area (Å²) in [5.41, 5.74) is 1.07. The molecular formula is C26H33FN10O. The van der Waals surface area contributed by atoms with Gasteiger partial charge in [0, 0.05) is 30.4 Å². The first kappa shape index (κ1) is 25.8. The minimum Gasteiger partial charge on any atom is -0.376 e. The average molecular weight is 521 g/mol. The van der Waals surface area contributed by atoms with E-state index in [0.717, 1.165) is 35.9 Å². The van der Waals surface area contributed by atoms with Crippen LogP contribution in [0.5, 0.6) is 0 Å². The van der Waals surface area contributed by atoms with Crippen LogP contribution in [-0.2, 0) is 7.05 Å². The number of benzene rings is 1. The van der Waals surface area contributed by atoms with Crippen molar-refractivity contribution < 1.29 is 4.39 Å². The third kappa shape index (κ3) is 4.74. The Kier molecular flexibility index (Phi) is 6.22. The number of nitrogens with zero attached hydrogens (tertiary/aromatic N) is 8. The Balaban J connectivity index is 1.46. The standard InChI is InChI=1S/C26H33FN10O/c1-25(2)12-16(13-26(3,4)36(25)7)30-22-20(28-5)14-29-23(32-22)31-19-11-21(37-24(38)35(6)33-34-37)17(10-18(19)27)15-8-9-15/h10-11,14-16H,8-9,12-13H2,1-4,6-7H3,(H2,29,30,31,32). The Morgan fingerprint density at radius 2 is 1.79 bits per heavy atom. The number of nitrogens with one attached hydrogen (secondary N) is 2. The first-order valence-corrected chi connectivity index (χ1v) is 12.7. The zero-order chi connectivity index (χ0) is 27.4. The minimum absolute atomic E-state index is 0.0486. The Hall–Kier alpha value is -3.85. The smallest absolute Gasteiger partial charge is 0.368 e. The molecule has 1 saturated carbocycles. The fourth-order valence-electron chi connectivity index (χ4n) is 5.45. The molecule has 3 heterocycles. The predicted molar refractivity (Wildman–Crippen MR) is 143 cm³/mol. The van der Waals surface area contributed by atoms with Gasteiger partial charge in [-0.05, 0) is 94.5 Å². The van der Waals surface area contributed by atoms with E-state index in [1.807, 2.05) is 0 Å². The van der Waals surface area contributed by atoms with Crippen LogP contribution < -0.4 is 16.3 Å². The summed E-state index contributed by atoms with van der Waals surface area (Å²) >= 11 is 0. The van der Waals surface area contributed by atoms with Crippen LogP contribution in [0.3, 0.4) is 0 Å². The van der Waals surface area contributed by atoms with E-state index in [0.29, 0.717) is 17.2 Å². The molecule has 0 bridgehead atoms. The molecule has 0 radical (unpaired) electrons. The Morgan fingerprint density at radius 1 is 1.11 bits per heavy atom. The lowest BCUT2D eigenvalue weighted by atomic mass is 9.77. The Labute approximate surface area is 220 Å². The van der Waals surface area contributed by atoms with Gasteiger partial charge in [0.15, 0.2) is 0 Å². The van der Waals surface area contributed by atoms with Crippen molar-refractivity contribution in [3.05, 3.63) is 51.6 Å². The van der Waals surface area contributed by atoms with E-state index in [-0.39, 0.29) is 34.7 Å². The molecule has 3 aromatic rings. The molecule has 38 heavy (non-hydrogen) atoms.